The molecule has 0 unspecified atom stereocenters. The van der Waals surface area contributed by atoms with Gasteiger partial charge in [0, 0.05) is 24.4 Å². The number of amides is 1. The quantitative estimate of drug-likeness (QED) is 0.357. The van der Waals surface area contributed by atoms with E-state index in [0.717, 1.165) is 37.4 Å². The molecule has 0 radical (unpaired) electrons. The first-order valence-electron chi connectivity index (χ1n) is 8.08. The lowest BCUT2D eigenvalue weighted by Crippen LogP contribution is -3.18. The number of carbonyl (C=O) groups excluding carboxylic acids is 1. The van der Waals surface area contributed by atoms with Crippen molar-refractivity contribution in [3.05, 3.63) is 24.3 Å². The summed E-state index contributed by atoms with van der Waals surface area (Å²) in [4.78, 5) is 13.7. The molecule has 24 heavy (non-hydrogen) atoms. The number of benzene rings is 1. The maximum atomic E-state index is 12.4. The van der Waals surface area contributed by atoms with Crippen LogP contribution >= 0.6 is 12.2 Å². The molecule has 5 N–H and O–H groups in total. The summed E-state index contributed by atoms with van der Waals surface area (Å²) in [6.07, 6.45) is 1.77. The van der Waals surface area contributed by atoms with E-state index in [9.17, 15) is 9.90 Å². The third-order valence-corrected chi connectivity index (χ3v) is 5.12. The zero-order chi connectivity index (χ0) is 17.2. The van der Waals surface area contributed by atoms with Crippen molar-refractivity contribution in [3.8, 4) is 5.75 Å². The van der Waals surface area contributed by atoms with Crippen molar-refractivity contribution >= 4 is 28.9 Å². The van der Waals surface area contributed by atoms with Crippen LogP contribution in [-0.2, 0) is 4.79 Å². The van der Waals surface area contributed by atoms with Gasteiger partial charge in [0.05, 0.1) is 20.2 Å². The number of hydrogen-bond donors (Lipinski definition) is 5. The summed E-state index contributed by atoms with van der Waals surface area (Å²) < 4.78 is 5.09. The number of carbonyl (C=O) groups is 1. The Morgan fingerprint density at radius 2 is 1.96 bits per heavy atom. The van der Waals surface area contributed by atoms with E-state index < -0.39 is 11.5 Å². The second-order valence-electron chi connectivity index (χ2n) is 6.39. The molecule has 0 saturated carbocycles. The second kappa shape index (κ2) is 6.92. The molecule has 130 valence electrons. The topological polar surface area (TPSA) is 87.1 Å². The molecule has 3 heterocycles. The Kier molecular flexibility index (Phi) is 4.88. The summed E-state index contributed by atoms with van der Waals surface area (Å²) in [6.45, 7) is 2.53. The van der Waals surface area contributed by atoms with Crippen LogP contribution in [0.3, 0.4) is 0 Å². The number of hydrazine groups is 1. The van der Waals surface area contributed by atoms with Crippen molar-refractivity contribution in [2.75, 3.05) is 32.1 Å². The highest BCUT2D eigenvalue weighted by atomic mass is 32.1. The molecule has 0 aromatic heterocycles. The fourth-order valence-corrected chi connectivity index (χ4v) is 3.70. The normalized spacial score (nSPS) is 28.1. The predicted molar refractivity (Wildman–Crippen MR) is 93.7 cm³/mol. The molecule has 2 bridgehead atoms. The summed E-state index contributed by atoms with van der Waals surface area (Å²) in [5.74, 6) is 0.364. The summed E-state index contributed by atoms with van der Waals surface area (Å²) in [5, 5.41) is 14.0. The number of thiocarbonyl (C=S) groups is 1. The highest BCUT2D eigenvalue weighted by molar-refractivity contribution is 7.80. The van der Waals surface area contributed by atoms with Crippen molar-refractivity contribution in [2.45, 2.75) is 18.4 Å². The van der Waals surface area contributed by atoms with Gasteiger partial charge in [0.15, 0.2) is 10.7 Å². The summed E-state index contributed by atoms with van der Waals surface area (Å²) in [6, 6.07) is 7.25. The highest BCUT2D eigenvalue weighted by Gasteiger charge is 2.53. The molecule has 1 aromatic rings. The van der Waals surface area contributed by atoms with E-state index in [1.54, 1.807) is 7.11 Å². The first-order chi connectivity index (χ1) is 11.5. The first-order valence-corrected chi connectivity index (χ1v) is 8.49. The number of aliphatic hydroxyl groups is 1. The van der Waals surface area contributed by atoms with Gasteiger partial charge in [-0.15, -0.1) is 0 Å². The van der Waals surface area contributed by atoms with Gasteiger partial charge in [0.2, 0.25) is 0 Å². The average molecular weight is 351 g/mol. The van der Waals surface area contributed by atoms with E-state index in [1.807, 2.05) is 24.3 Å². The molecular formula is C16H23N4O3S+. The van der Waals surface area contributed by atoms with Gasteiger partial charge >= 0.3 is 0 Å². The minimum absolute atomic E-state index is 0.0277. The van der Waals surface area contributed by atoms with Crippen LogP contribution in [0, 0.1) is 5.92 Å². The van der Waals surface area contributed by atoms with Gasteiger partial charge in [0.1, 0.15) is 12.3 Å². The molecule has 1 atom stereocenters. The van der Waals surface area contributed by atoms with E-state index in [-0.39, 0.29) is 11.0 Å². The van der Waals surface area contributed by atoms with Gasteiger partial charge in [-0.1, -0.05) is 0 Å². The van der Waals surface area contributed by atoms with Crippen LogP contribution < -0.4 is 25.8 Å². The molecular weight excluding hydrogens is 328 g/mol. The first kappa shape index (κ1) is 16.9. The number of fused-ring (bicyclic) bond motifs is 3. The Morgan fingerprint density at radius 3 is 2.50 bits per heavy atom. The number of methoxy groups -OCH3 is 1. The molecule has 4 rings (SSSR count). The largest absolute Gasteiger partial charge is 0.497 e. The van der Waals surface area contributed by atoms with Gasteiger partial charge in [-0.25, -0.2) is 0 Å². The third kappa shape index (κ3) is 3.45. The van der Waals surface area contributed by atoms with E-state index >= 15 is 0 Å². The van der Waals surface area contributed by atoms with Gasteiger partial charge in [-0.05, 0) is 36.5 Å². The van der Waals surface area contributed by atoms with Crippen molar-refractivity contribution in [2.24, 2.45) is 5.92 Å². The Morgan fingerprint density at radius 1 is 1.29 bits per heavy atom. The fourth-order valence-electron chi connectivity index (χ4n) is 3.53. The number of piperidine rings is 3. The monoisotopic (exact) mass is 351 g/mol. The lowest BCUT2D eigenvalue weighted by molar-refractivity contribution is -0.923. The summed E-state index contributed by atoms with van der Waals surface area (Å²) in [7, 11) is 1.60. The van der Waals surface area contributed by atoms with Gasteiger partial charge in [-0.3, -0.25) is 15.6 Å². The zero-order valence-corrected chi connectivity index (χ0v) is 14.4. The molecule has 0 spiro atoms. The molecule has 3 fully saturated rings. The van der Waals surface area contributed by atoms with Crippen LogP contribution in [0.5, 0.6) is 5.75 Å². The molecule has 3 aliphatic heterocycles. The second-order valence-corrected chi connectivity index (χ2v) is 6.80. The van der Waals surface area contributed by atoms with Crippen LogP contribution in [0.25, 0.3) is 0 Å². The number of anilines is 1. The molecule has 0 aliphatic carbocycles. The lowest BCUT2D eigenvalue weighted by Gasteiger charge is -2.46. The van der Waals surface area contributed by atoms with Crippen LogP contribution in [0.4, 0.5) is 5.69 Å². The molecule has 3 aliphatic rings. The van der Waals surface area contributed by atoms with Crippen LogP contribution in [0.1, 0.15) is 12.8 Å². The lowest BCUT2D eigenvalue weighted by atomic mass is 9.75. The van der Waals surface area contributed by atoms with Crippen molar-refractivity contribution < 1.29 is 19.5 Å². The van der Waals surface area contributed by atoms with Crippen molar-refractivity contribution in [1.29, 1.82) is 0 Å². The number of nitrogens with one attached hydrogen (secondary N) is 4. The summed E-state index contributed by atoms with van der Waals surface area (Å²) >= 11 is 5.16. The smallest absolute Gasteiger partial charge is 0.276 e. The highest BCUT2D eigenvalue weighted by Crippen LogP contribution is 2.28. The van der Waals surface area contributed by atoms with E-state index in [2.05, 4.69) is 16.2 Å². The fraction of sp³-hybridized carbons (Fsp3) is 0.500. The Labute approximate surface area is 146 Å². The Bertz CT molecular complexity index is 616. The van der Waals surface area contributed by atoms with Gasteiger partial charge in [-0.2, -0.15) is 0 Å². The van der Waals surface area contributed by atoms with E-state index in [0.29, 0.717) is 6.54 Å². The predicted octanol–water partition coefficient (Wildman–Crippen LogP) is -0.948. The van der Waals surface area contributed by atoms with Crippen molar-refractivity contribution in [1.82, 2.24) is 10.9 Å². The zero-order valence-electron chi connectivity index (χ0n) is 13.6. The van der Waals surface area contributed by atoms with Crippen molar-refractivity contribution in [3.63, 3.8) is 0 Å². The van der Waals surface area contributed by atoms with Gasteiger partial charge in [0.25, 0.3) is 5.91 Å². The number of ether oxygens (including phenoxy) is 1. The minimum Gasteiger partial charge on any atom is -0.497 e. The van der Waals surface area contributed by atoms with E-state index in [1.165, 1.54) is 4.90 Å². The molecule has 1 amide bonds. The van der Waals surface area contributed by atoms with Crippen LogP contribution in [0.15, 0.2) is 24.3 Å². The minimum atomic E-state index is -1.31. The van der Waals surface area contributed by atoms with E-state index in [4.69, 9.17) is 17.0 Å². The number of quaternary nitrogens is 1. The summed E-state index contributed by atoms with van der Waals surface area (Å²) in [5.41, 5.74) is 4.66. The number of rotatable bonds is 3. The van der Waals surface area contributed by atoms with Crippen LogP contribution in [-0.4, -0.2) is 48.5 Å². The van der Waals surface area contributed by atoms with Gasteiger partial charge < -0.3 is 20.1 Å². The maximum Gasteiger partial charge on any atom is 0.276 e. The number of hydrogen-bond acceptors (Lipinski definition) is 4. The maximum absolute atomic E-state index is 12.4. The molecule has 1 aromatic carbocycles. The standard InChI is InChI=1S/C16H22N4O3S/c1-23-13-4-2-12(3-5-13)17-15(24)19-18-14(21)16(22)10-20-8-6-11(16)7-9-20/h2-5,11,22H,6-10H2,1H3,(H,18,21)(H2,17,19,24)/p+1/t16-/m1/s1. The molecule has 3 saturated heterocycles. The Balaban J connectivity index is 1.51. The third-order valence-electron chi connectivity index (χ3n) is 4.92. The SMILES string of the molecule is COc1ccc(NC(=S)NNC(=O)[C@@]2(O)C[NH+]3CCC2CC3)cc1. The van der Waals surface area contributed by atoms with Crippen LogP contribution in [0.2, 0.25) is 0 Å². The molecule has 8 heteroatoms. The average Bonchev–Trinajstić information content (AvgIpc) is 2.61. The Hall–Kier alpha value is -1.90. The molecule has 7 nitrogen and oxygen atoms in total.